The standard InChI is InChI=1S/C13H14ClNO2/c1-8-3-4-10(11(14)5-8)9-6-12(16)13(17)15(2)7-9/h3,5-7,10,16H,4H2,1-2H3. The molecule has 0 saturated carbocycles. The molecule has 0 spiro atoms. The van der Waals surface area contributed by atoms with Crippen molar-refractivity contribution in [3.8, 4) is 5.75 Å². The summed E-state index contributed by atoms with van der Waals surface area (Å²) >= 11 is 6.21. The first-order valence-corrected chi connectivity index (χ1v) is 5.80. The molecule has 0 radical (unpaired) electrons. The predicted octanol–water partition coefficient (Wildman–Crippen LogP) is 2.65. The van der Waals surface area contributed by atoms with Crippen molar-refractivity contribution in [1.82, 2.24) is 4.57 Å². The number of halogens is 1. The van der Waals surface area contributed by atoms with Gasteiger partial charge in [-0.25, -0.2) is 0 Å². The van der Waals surface area contributed by atoms with Crippen molar-refractivity contribution in [3.63, 3.8) is 0 Å². The van der Waals surface area contributed by atoms with E-state index in [1.807, 2.05) is 13.0 Å². The summed E-state index contributed by atoms with van der Waals surface area (Å²) in [5.41, 5.74) is 1.60. The number of aromatic hydroxyl groups is 1. The highest BCUT2D eigenvalue weighted by atomic mass is 35.5. The van der Waals surface area contributed by atoms with Crippen LogP contribution in [0.15, 0.2) is 39.8 Å². The van der Waals surface area contributed by atoms with Crippen molar-refractivity contribution in [1.29, 1.82) is 0 Å². The Kier molecular flexibility index (Phi) is 3.11. The Bertz CT molecular complexity index is 543. The van der Waals surface area contributed by atoms with E-state index in [9.17, 15) is 9.90 Å². The summed E-state index contributed by atoms with van der Waals surface area (Å²) in [5.74, 6) is -0.209. The predicted molar refractivity (Wildman–Crippen MR) is 68.4 cm³/mol. The number of hydrogen-bond acceptors (Lipinski definition) is 2. The van der Waals surface area contributed by atoms with E-state index in [1.54, 1.807) is 13.2 Å². The molecule has 1 aliphatic rings. The Balaban J connectivity index is 2.43. The van der Waals surface area contributed by atoms with E-state index in [0.717, 1.165) is 22.6 Å². The molecule has 0 bridgehead atoms. The van der Waals surface area contributed by atoms with Gasteiger partial charge in [0.1, 0.15) is 0 Å². The van der Waals surface area contributed by atoms with Crippen LogP contribution in [0.1, 0.15) is 24.8 Å². The lowest BCUT2D eigenvalue weighted by molar-refractivity contribution is 0.459. The molecule has 1 unspecified atom stereocenters. The molecule has 1 N–H and O–H groups in total. The van der Waals surface area contributed by atoms with E-state index < -0.39 is 5.56 Å². The lowest BCUT2D eigenvalue weighted by Crippen LogP contribution is -2.17. The van der Waals surface area contributed by atoms with Crippen molar-refractivity contribution in [3.05, 3.63) is 50.9 Å². The maximum atomic E-state index is 11.4. The summed E-state index contributed by atoms with van der Waals surface area (Å²) < 4.78 is 1.38. The summed E-state index contributed by atoms with van der Waals surface area (Å²) in [4.78, 5) is 11.4. The van der Waals surface area contributed by atoms with Crippen LogP contribution in [0, 0.1) is 0 Å². The zero-order valence-electron chi connectivity index (χ0n) is 9.77. The number of rotatable bonds is 1. The Morgan fingerprint density at radius 2 is 2.24 bits per heavy atom. The monoisotopic (exact) mass is 251 g/mol. The van der Waals surface area contributed by atoms with Gasteiger partial charge in [0.15, 0.2) is 5.75 Å². The van der Waals surface area contributed by atoms with E-state index in [1.165, 1.54) is 10.6 Å². The molecule has 1 atom stereocenters. The van der Waals surface area contributed by atoms with Crippen LogP contribution in [0.3, 0.4) is 0 Å². The molecule has 3 nitrogen and oxygen atoms in total. The molecule has 0 aromatic carbocycles. The van der Waals surface area contributed by atoms with Gasteiger partial charge in [0, 0.05) is 24.2 Å². The molecule has 1 aromatic heterocycles. The Labute approximate surface area is 105 Å². The van der Waals surface area contributed by atoms with Crippen LogP contribution in [0.4, 0.5) is 0 Å². The first kappa shape index (κ1) is 12.0. The highest BCUT2D eigenvalue weighted by Gasteiger charge is 2.19. The van der Waals surface area contributed by atoms with Crippen molar-refractivity contribution in [2.45, 2.75) is 19.3 Å². The molecule has 0 fully saturated rings. The molecule has 17 heavy (non-hydrogen) atoms. The molecule has 0 amide bonds. The van der Waals surface area contributed by atoms with Crippen molar-refractivity contribution in [2.24, 2.45) is 7.05 Å². The molecular formula is C13H14ClNO2. The summed E-state index contributed by atoms with van der Waals surface area (Å²) in [6.07, 6.45) is 6.52. The van der Waals surface area contributed by atoms with E-state index in [0.29, 0.717) is 0 Å². The van der Waals surface area contributed by atoms with Gasteiger partial charge in [-0.05, 0) is 31.1 Å². The van der Waals surface area contributed by atoms with E-state index in [2.05, 4.69) is 6.08 Å². The molecule has 1 aliphatic carbocycles. The Morgan fingerprint density at radius 1 is 1.53 bits per heavy atom. The Morgan fingerprint density at radius 3 is 2.82 bits per heavy atom. The van der Waals surface area contributed by atoms with Crippen LogP contribution in [-0.4, -0.2) is 9.67 Å². The number of aromatic nitrogens is 1. The number of allylic oxidation sites excluding steroid dienone is 4. The number of pyridine rings is 1. The second-order valence-electron chi connectivity index (χ2n) is 4.34. The second-order valence-corrected chi connectivity index (χ2v) is 4.78. The van der Waals surface area contributed by atoms with Gasteiger partial charge in [-0.1, -0.05) is 23.3 Å². The third-order valence-electron chi connectivity index (χ3n) is 2.96. The van der Waals surface area contributed by atoms with E-state index >= 15 is 0 Å². The summed E-state index contributed by atoms with van der Waals surface area (Å²) in [6, 6.07) is 1.50. The number of hydrogen-bond donors (Lipinski definition) is 1. The molecule has 90 valence electrons. The van der Waals surface area contributed by atoms with Crippen molar-refractivity contribution < 1.29 is 5.11 Å². The zero-order chi connectivity index (χ0) is 12.6. The van der Waals surface area contributed by atoms with Gasteiger partial charge in [0.05, 0.1) is 0 Å². The van der Waals surface area contributed by atoms with Gasteiger partial charge < -0.3 is 9.67 Å². The third kappa shape index (κ3) is 2.29. The van der Waals surface area contributed by atoms with Crippen LogP contribution >= 0.6 is 11.6 Å². The second kappa shape index (κ2) is 4.41. The largest absolute Gasteiger partial charge is 0.503 e. The Hall–Kier alpha value is -1.48. The molecule has 4 heteroatoms. The maximum Gasteiger partial charge on any atom is 0.292 e. The molecule has 1 aromatic rings. The molecule has 1 heterocycles. The van der Waals surface area contributed by atoms with Gasteiger partial charge in [-0.3, -0.25) is 4.79 Å². The van der Waals surface area contributed by atoms with Crippen LogP contribution in [0.25, 0.3) is 0 Å². The van der Waals surface area contributed by atoms with Gasteiger partial charge in [0.25, 0.3) is 5.56 Å². The maximum absolute atomic E-state index is 11.4. The highest BCUT2D eigenvalue weighted by Crippen LogP contribution is 2.35. The first-order valence-electron chi connectivity index (χ1n) is 5.42. The average Bonchev–Trinajstić information content (AvgIpc) is 2.25. The fraction of sp³-hybridized carbons (Fsp3) is 0.308. The molecule has 0 aliphatic heterocycles. The minimum absolute atomic E-state index is 0.0260. The highest BCUT2D eigenvalue weighted by molar-refractivity contribution is 6.30. The lowest BCUT2D eigenvalue weighted by atomic mass is 9.91. The number of nitrogens with zero attached hydrogens (tertiary/aromatic N) is 1. The number of aryl methyl sites for hydroxylation is 1. The van der Waals surface area contributed by atoms with Gasteiger partial charge in [-0.15, -0.1) is 0 Å². The van der Waals surface area contributed by atoms with Crippen LogP contribution in [-0.2, 0) is 7.05 Å². The average molecular weight is 252 g/mol. The smallest absolute Gasteiger partial charge is 0.292 e. The van der Waals surface area contributed by atoms with E-state index in [4.69, 9.17) is 11.6 Å². The lowest BCUT2D eigenvalue weighted by Gasteiger charge is -2.19. The molecular weight excluding hydrogens is 238 g/mol. The van der Waals surface area contributed by atoms with Crippen molar-refractivity contribution >= 4 is 11.6 Å². The van der Waals surface area contributed by atoms with E-state index in [-0.39, 0.29) is 11.7 Å². The fourth-order valence-electron chi connectivity index (χ4n) is 2.00. The molecule has 0 saturated heterocycles. The van der Waals surface area contributed by atoms with Crippen molar-refractivity contribution in [2.75, 3.05) is 0 Å². The van der Waals surface area contributed by atoms with Crippen LogP contribution < -0.4 is 5.56 Å². The topological polar surface area (TPSA) is 42.2 Å². The van der Waals surface area contributed by atoms with Crippen LogP contribution in [0.2, 0.25) is 0 Å². The first-order chi connectivity index (χ1) is 7.99. The SMILES string of the molecule is CC1=CCC(c2cc(O)c(=O)n(C)c2)C(Cl)=C1. The quantitative estimate of drug-likeness (QED) is 0.834. The minimum Gasteiger partial charge on any atom is -0.503 e. The fourth-order valence-corrected chi connectivity index (χ4v) is 2.39. The van der Waals surface area contributed by atoms with Gasteiger partial charge >= 0.3 is 0 Å². The van der Waals surface area contributed by atoms with Gasteiger partial charge in [-0.2, -0.15) is 0 Å². The summed E-state index contributed by atoms with van der Waals surface area (Å²) in [5, 5.41) is 10.3. The minimum atomic E-state index is -0.392. The summed E-state index contributed by atoms with van der Waals surface area (Å²) in [6.45, 7) is 2.00. The summed E-state index contributed by atoms with van der Waals surface area (Å²) in [7, 11) is 1.62. The normalized spacial score (nSPS) is 19.8. The molecule has 2 rings (SSSR count). The zero-order valence-corrected chi connectivity index (χ0v) is 10.5. The van der Waals surface area contributed by atoms with Gasteiger partial charge in [0.2, 0.25) is 0 Å². The van der Waals surface area contributed by atoms with Crippen LogP contribution in [0.5, 0.6) is 5.75 Å². The third-order valence-corrected chi connectivity index (χ3v) is 3.33.